The zero-order chi connectivity index (χ0) is 21.4. The highest BCUT2D eigenvalue weighted by Crippen LogP contribution is 2.25. The summed E-state index contributed by atoms with van der Waals surface area (Å²) < 4.78 is 5.71. The van der Waals surface area contributed by atoms with Crippen LogP contribution in [0.25, 0.3) is 10.8 Å². The minimum Gasteiger partial charge on any atom is -0.319 e. The van der Waals surface area contributed by atoms with E-state index >= 15 is 0 Å². The van der Waals surface area contributed by atoms with Crippen molar-refractivity contribution in [1.82, 2.24) is 19.9 Å². The van der Waals surface area contributed by atoms with Crippen LogP contribution in [0.3, 0.4) is 0 Å². The van der Waals surface area contributed by atoms with Gasteiger partial charge in [0.2, 0.25) is 5.82 Å². The number of nitrogens with one attached hydrogen (secondary N) is 2. The number of H-pyrrole nitrogens is 1. The standard InChI is InChI=1S/C21H19N5O4/c1-11-8-13(22-19(27)18-23-21(29)30-25-18)9-12(2)16(11)10-17-14-6-4-5-7-15(14)20(28)26(3)24-17/h4-9H,10H2,1-3H3,(H,22,27)(H,23,25,29). The Morgan fingerprint density at radius 2 is 1.80 bits per heavy atom. The molecule has 2 N–H and O–H groups in total. The van der Waals surface area contributed by atoms with Crippen molar-refractivity contribution in [2.75, 3.05) is 5.32 Å². The summed E-state index contributed by atoms with van der Waals surface area (Å²) in [5.41, 5.74) is 4.21. The molecule has 0 radical (unpaired) electrons. The molecule has 4 rings (SSSR count). The SMILES string of the molecule is Cc1cc(NC(=O)c2noc(=O)[nH]2)cc(C)c1Cc1nn(C)c(=O)c2ccccc12. The number of aryl methyl sites for hydroxylation is 3. The second-order valence-electron chi connectivity index (χ2n) is 7.08. The fourth-order valence-electron chi connectivity index (χ4n) is 3.54. The average molecular weight is 405 g/mol. The molecule has 2 aromatic heterocycles. The third kappa shape index (κ3) is 3.52. The summed E-state index contributed by atoms with van der Waals surface area (Å²) in [6, 6.07) is 11.1. The first-order valence-corrected chi connectivity index (χ1v) is 9.26. The van der Waals surface area contributed by atoms with Crippen LogP contribution in [0.2, 0.25) is 0 Å². The van der Waals surface area contributed by atoms with Gasteiger partial charge in [-0.05, 0) is 53.9 Å². The lowest BCUT2D eigenvalue weighted by atomic mass is 9.96. The molecule has 9 heteroatoms. The second-order valence-corrected chi connectivity index (χ2v) is 7.08. The van der Waals surface area contributed by atoms with Crippen molar-refractivity contribution in [3.8, 4) is 0 Å². The Kier molecular flexibility index (Phi) is 4.78. The van der Waals surface area contributed by atoms with Crippen molar-refractivity contribution in [1.29, 1.82) is 0 Å². The summed E-state index contributed by atoms with van der Waals surface area (Å²) >= 11 is 0. The van der Waals surface area contributed by atoms with Crippen LogP contribution in [-0.4, -0.2) is 25.8 Å². The smallest absolute Gasteiger partial charge is 0.319 e. The van der Waals surface area contributed by atoms with E-state index in [0.717, 1.165) is 27.8 Å². The number of aromatic amines is 1. The van der Waals surface area contributed by atoms with Gasteiger partial charge in [-0.25, -0.2) is 9.48 Å². The Balaban J connectivity index is 1.67. The molecule has 0 aliphatic heterocycles. The highest BCUT2D eigenvalue weighted by Gasteiger charge is 2.15. The minimum atomic E-state index is -0.792. The van der Waals surface area contributed by atoms with Crippen molar-refractivity contribution in [3.05, 3.63) is 85.5 Å². The zero-order valence-electron chi connectivity index (χ0n) is 16.6. The third-order valence-electron chi connectivity index (χ3n) is 4.99. The number of carbonyl (C=O) groups is 1. The molecule has 0 aliphatic carbocycles. The quantitative estimate of drug-likeness (QED) is 0.536. The van der Waals surface area contributed by atoms with Gasteiger partial charge in [0.25, 0.3) is 11.5 Å². The molecule has 0 bridgehead atoms. The lowest BCUT2D eigenvalue weighted by molar-refractivity contribution is 0.101. The lowest BCUT2D eigenvalue weighted by Gasteiger charge is -2.14. The summed E-state index contributed by atoms with van der Waals surface area (Å²) in [4.78, 5) is 37.8. The van der Waals surface area contributed by atoms with Crippen LogP contribution in [0.1, 0.15) is 33.0 Å². The average Bonchev–Trinajstić information content (AvgIpc) is 3.15. The number of hydrogen-bond acceptors (Lipinski definition) is 6. The molecule has 1 amide bonds. The topological polar surface area (TPSA) is 123 Å². The van der Waals surface area contributed by atoms with Crippen molar-refractivity contribution in [3.63, 3.8) is 0 Å². The lowest BCUT2D eigenvalue weighted by Crippen LogP contribution is -2.21. The van der Waals surface area contributed by atoms with E-state index in [1.54, 1.807) is 13.1 Å². The molecule has 2 aromatic carbocycles. The molecular weight excluding hydrogens is 386 g/mol. The van der Waals surface area contributed by atoms with Gasteiger partial charge in [-0.15, -0.1) is 0 Å². The summed E-state index contributed by atoms with van der Waals surface area (Å²) in [6.45, 7) is 3.89. The minimum absolute atomic E-state index is 0.133. The molecule has 9 nitrogen and oxygen atoms in total. The summed E-state index contributed by atoms with van der Waals surface area (Å²) in [6.07, 6.45) is 0.539. The monoisotopic (exact) mass is 405 g/mol. The van der Waals surface area contributed by atoms with E-state index in [1.165, 1.54) is 4.68 Å². The summed E-state index contributed by atoms with van der Waals surface area (Å²) in [5, 5.41) is 12.0. The summed E-state index contributed by atoms with van der Waals surface area (Å²) in [5.74, 6) is -1.56. The Hall–Kier alpha value is -4.01. The number of nitrogens with zero attached hydrogens (tertiary/aromatic N) is 3. The van der Waals surface area contributed by atoms with Gasteiger partial charge in [-0.3, -0.25) is 19.1 Å². The van der Waals surface area contributed by atoms with Gasteiger partial charge in [0.1, 0.15) is 0 Å². The van der Waals surface area contributed by atoms with Gasteiger partial charge in [0, 0.05) is 24.5 Å². The number of anilines is 1. The van der Waals surface area contributed by atoms with Crippen molar-refractivity contribution < 1.29 is 9.32 Å². The van der Waals surface area contributed by atoms with E-state index in [-0.39, 0.29) is 11.4 Å². The number of amides is 1. The molecule has 2 heterocycles. The van der Waals surface area contributed by atoms with Gasteiger partial charge in [0.15, 0.2) is 0 Å². The third-order valence-corrected chi connectivity index (χ3v) is 4.99. The van der Waals surface area contributed by atoms with Gasteiger partial charge in [-0.1, -0.05) is 18.2 Å². The molecule has 0 saturated carbocycles. The number of aromatic nitrogens is 4. The first-order chi connectivity index (χ1) is 14.3. The molecule has 0 fully saturated rings. The highest BCUT2D eigenvalue weighted by molar-refractivity contribution is 6.01. The Morgan fingerprint density at radius 1 is 1.13 bits per heavy atom. The normalized spacial score (nSPS) is 11.0. The molecule has 4 aromatic rings. The van der Waals surface area contributed by atoms with Crippen molar-refractivity contribution in [2.45, 2.75) is 20.3 Å². The maximum atomic E-state index is 12.4. The zero-order valence-corrected chi connectivity index (χ0v) is 16.6. The van der Waals surface area contributed by atoms with E-state index < -0.39 is 11.7 Å². The van der Waals surface area contributed by atoms with E-state index in [0.29, 0.717) is 17.5 Å². The molecule has 0 unspecified atom stereocenters. The first-order valence-electron chi connectivity index (χ1n) is 9.26. The highest BCUT2D eigenvalue weighted by atomic mass is 16.5. The van der Waals surface area contributed by atoms with Crippen LogP contribution in [-0.2, 0) is 13.5 Å². The van der Waals surface area contributed by atoms with E-state index in [9.17, 15) is 14.4 Å². The van der Waals surface area contributed by atoms with E-state index in [2.05, 4.69) is 25.1 Å². The van der Waals surface area contributed by atoms with Gasteiger partial charge < -0.3 is 5.32 Å². The van der Waals surface area contributed by atoms with Gasteiger partial charge in [0.05, 0.1) is 11.1 Å². The molecule has 0 aliphatic rings. The Morgan fingerprint density at radius 3 is 2.43 bits per heavy atom. The number of fused-ring (bicyclic) bond motifs is 1. The Bertz CT molecular complexity index is 1370. The fourth-order valence-corrected chi connectivity index (χ4v) is 3.54. The molecule has 152 valence electrons. The predicted octanol–water partition coefficient (Wildman–Crippen LogP) is 2.07. The van der Waals surface area contributed by atoms with Crippen LogP contribution in [0, 0.1) is 13.8 Å². The predicted molar refractivity (Wildman–Crippen MR) is 111 cm³/mol. The molecular formula is C21H19N5O4. The van der Waals surface area contributed by atoms with E-state index in [1.807, 2.05) is 44.2 Å². The molecule has 30 heavy (non-hydrogen) atoms. The first kappa shape index (κ1) is 19.3. The van der Waals surface area contributed by atoms with Gasteiger partial charge in [-0.2, -0.15) is 5.10 Å². The maximum Gasteiger partial charge on any atom is 0.439 e. The van der Waals surface area contributed by atoms with Crippen LogP contribution in [0.5, 0.6) is 0 Å². The maximum absolute atomic E-state index is 12.4. The molecule has 0 spiro atoms. The van der Waals surface area contributed by atoms with Gasteiger partial charge >= 0.3 is 5.76 Å². The van der Waals surface area contributed by atoms with Crippen LogP contribution >= 0.6 is 0 Å². The van der Waals surface area contributed by atoms with Crippen LogP contribution in [0.4, 0.5) is 5.69 Å². The molecule has 0 atom stereocenters. The number of rotatable bonds is 4. The van der Waals surface area contributed by atoms with Crippen molar-refractivity contribution >= 4 is 22.4 Å². The largest absolute Gasteiger partial charge is 0.439 e. The molecule has 0 saturated heterocycles. The number of hydrogen-bond donors (Lipinski definition) is 2. The summed E-state index contributed by atoms with van der Waals surface area (Å²) in [7, 11) is 1.64. The van der Waals surface area contributed by atoms with Crippen LogP contribution < -0.4 is 16.6 Å². The second kappa shape index (κ2) is 7.43. The number of benzene rings is 2. The number of carbonyl (C=O) groups excluding carboxylic acids is 1. The van der Waals surface area contributed by atoms with Crippen LogP contribution in [0.15, 0.2) is 50.5 Å². The Labute approximate surface area is 170 Å². The van der Waals surface area contributed by atoms with E-state index in [4.69, 9.17) is 0 Å². The van der Waals surface area contributed by atoms with Crippen molar-refractivity contribution in [2.24, 2.45) is 7.05 Å². The fraction of sp³-hybridized carbons (Fsp3) is 0.190.